The molecule has 1 saturated heterocycles. The normalized spacial score (nSPS) is 17.3. The first-order valence-electron chi connectivity index (χ1n) is 11.0. The number of nitrogens with one attached hydrogen (secondary N) is 1. The first kappa shape index (κ1) is 19.1. The second-order valence-electron chi connectivity index (χ2n) is 8.28. The summed E-state index contributed by atoms with van der Waals surface area (Å²) in [5.74, 6) is 0.443. The Morgan fingerprint density at radius 1 is 1.03 bits per heavy atom. The average Bonchev–Trinajstić information content (AvgIpc) is 3.64. The van der Waals surface area contributed by atoms with Gasteiger partial charge < -0.3 is 15.1 Å². The van der Waals surface area contributed by atoms with Crippen molar-refractivity contribution in [3.8, 4) is 0 Å². The zero-order valence-corrected chi connectivity index (χ0v) is 17.5. The number of carbonyl (C=O) groups excluding carboxylic acids is 1. The smallest absolute Gasteiger partial charge is 0.256 e. The number of rotatable bonds is 5. The number of nitrogens with zero attached hydrogens (tertiary/aromatic N) is 3. The van der Waals surface area contributed by atoms with Crippen LogP contribution in [0.5, 0.6) is 0 Å². The molecule has 3 aromatic rings. The molecule has 0 bridgehead atoms. The predicted octanol–water partition coefficient (Wildman–Crippen LogP) is 4.51. The van der Waals surface area contributed by atoms with Gasteiger partial charge in [-0.25, -0.2) is 0 Å². The lowest BCUT2D eigenvalue weighted by molar-refractivity contribution is 0.102. The van der Waals surface area contributed by atoms with E-state index >= 15 is 0 Å². The Balaban J connectivity index is 1.44. The number of amides is 1. The van der Waals surface area contributed by atoms with Crippen LogP contribution in [0.4, 0.5) is 11.4 Å². The number of hydrogen-bond acceptors (Lipinski definition) is 4. The predicted molar refractivity (Wildman–Crippen MR) is 122 cm³/mol. The number of pyridine rings is 1. The van der Waals surface area contributed by atoms with Gasteiger partial charge in [-0.05, 0) is 43.7 Å². The molecule has 1 aromatic heterocycles. The van der Waals surface area contributed by atoms with E-state index in [-0.39, 0.29) is 5.91 Å². The van der Waals surface area contributed by atoms with Gasteiger partial charge in [0.1, 0.15) is 0 Å². The maximum atomic E-state index is 13.4. The quantitative estimate of drug-likeness (QED) is 0.685. The molecular weight excluding hydrogens is 372 g/mol. The van der Waals surface area contributed by atoms with Crippen LogP contribution >= 0.6 is 0 Å². The highest BCUT2D eigenvalue weighted by Gasteiger charge is 2.27. The minimum atomic E-state index is -0.0601. The van der Waals surface area contributed by atoms with Gasteiger partial charge in [-0.15, -0.1) is 0 Å². The molecule has 1 amide bonds. The molecule has 154 valence electrons. The minimum absolute atomic E-state index is 0.0601. The molecule has 2 fully saturated rings. The zero-order chi connectivity index (χ0) is 20.5. The molecule has 30 heavy (non-hydrogen) atoms. The Morgan fingerprint density at radius 3 is 2.53 bits per heavy atom. The summed E-state index contributed by atoms with van der Waals surface area (Å²) < 4.78 is 0. The number of piperazine rings is 1. The van der Waals surface area contributed by atoms with Crippen molar-refractivity contribution in [2.75, 3.05) is 42.9 Å². The molecule has 1 aliphatic carbocycles. The number of para-hydroxylation sites is 3. The van der Waals surface area contributed by atoms with Crippen LogP contribution in [0.1, 0.15) is 41.7 Å². The van der Waals surface area contributed by atoms with Crippen molar-refractivity contribution in [3.05, 3.63) is 65.9 Å². The van der Waals surface area contributed by atoms with Crippen LogP contribution < -0.4 is 10.2 Å². The van der Waals surface area contributed by atoms with Gasteiger partial charge in [-0.3, -0.25) is 9.78 Å². The largest absolute Gasteiger partial charge is 0.367 e. The van der Waals surface area contributed by atoms with E-state index < -0.39 is 0 Å². The standard InChI is InChI=1S/C25H28N4O/c1-2-28-13-15-29(16-14-28)24-10-6-5-9-22(24)27-25(30)20-17-23(18-11-12-18)26-21-8-4-3-7-19(20)21/h3-10,17-18H,2,11-16H2,1H3,(H,27,30). The van der Waals surface area contributed by atoms with E-state index in [0.29, 0.717) is 11.5 Å². The molecule has 2 aromatic carbocycles. The minimum Gasteiger partial charge on any atom is -0.367 e. The zero-order valence-electron chi connectivity index (χ0n) is 17.5. The van der Waals surface area contributed by atoms with E-state index in [0.717, 1.165) is 60.7 Å². The highest BCUT2D eigenvalue weighted by molar-refractivity contribution is 6.13. The van der Waals surface area contributed by atoms with Crippen molar-refractivity contribution in [2.24, 2.45) is 0 Å². The van der Waals surface area contributed by atoms with E-state index in [2.05, 4.69) is 28.1 Å². The average molecular weight is 401 g/mol. The molecule has 5 rings (SSSR count). The van der Waals surface area contributed by atoms with E-state index in [1.54, 1.807) is 0 Å². The van der Waals surface area contributed by atoms with Gasteiger partial charge in [-0.1, -0.05) is 37.3 Å². The molecule has 0 atom stereocenters. The summed E-state index contributed by atoms with van der Waals surface area (Å²) in [6, 6.07) is 18.1. The van der Waals surface area contributed by atoms with E-state index in [9.17, 15) is 4.79 Å². The summed E-state index contributed by atoms with van der Waals surface area (Å²) in [5, 5.41) is 4.12. The lowest BCUT2D eigenvalue weighted by Crippen LogP contribution is -2.46. The van der Waals surface area contributed by atoms with Crippen LogP contribution in [0.15, 0.2) is 54.6 Å². The third-order valence-electron chi connectivity index (χ3n) is 6.29. The maximum Gasteiger partial charge on any atom is 0.256 e. The second kappa shape index (κ2) is 8.07. The van der Waals surface area contributed by atoms with Crippen molar-refractivity contribution < 1.29 is 4.79 Å². The molecule has 5 heteroatoms. The second-order valence-corrected chi connectivity index (χ2v) is 8.28. The fourth-order valence-corrected chi connectivity index (χ4v) is 4.32. The highest BCUT2D eigenvalue weighted by atomic mass is 16.1. The monoisotopic (exact) mass is 400 g/mol. The van der Waals surface area contributed by atoms with Gasteiger partial charge in [0, 0.05) is 43.2 Å². The van der Waals surface area contributed by atoms with Gasteiger partial charge in [0.05, 0.1) is 22.5 Å². The summed E-state index contributed by atoms with van der Waals surface area (Å²) in [6.45, 7) is 7.36. The lowest BCUT2D eigenvalue weighted by atomic mass is 10.0. The van der Waals surface area contributed by atoms with Crippen LogP contribution in [0.2, 0.25) is 0 Å². The van der Waals surface area contributed by atoms with E-state index in [1.165, 1.54) is 12.8 Å². The van der Waals surface area contributed by atoms with Crippen molar-refractivity contribution >= 4 is 28.2 Å². The summed E-state index contributed by atoms with van der Waals surface area (Å²) in [4.78, 5) is 23.0. The molecule has 5 nitrogen and oxygen atoms in total. The molecule has 1 N–H and O–H groups in total. The molecule has 0 spiro atoms. The van der Waals surface area contributed by atoms with Gasteiger partial charge in [0.25, 0.3) is 5.91 Å². The molecular formula is C25H28N4O. The molecule has 2 aliphatic rings. The Morgan fingerprint density at radius 2 is 1.77 bits per heavy atom. The molecule has 0 unspecified atom stereocenters. The maximum absolute atomic E-state index is 13.4. The molecule has 1 saturated carbocycles. The van der Waals surface area contributed by atoms with Crippen LogP contribution in [0.3, 0.4) is 0 Å². The summed E-state index contributed by atoms with van der Waals surface area (Å²) >= 11 is 0. The Labute approximate surface area is 177 Å². The highest BCUT2D eigenvalue weighted by Crippen LogP contribution is 2.40. The number of carbonyl (C=O) groups is 1. The van der Waals surface area contributed by atoms with Crippen molar-refractivity contribution in [3.63, 3.8) is 0 Å². The van der Waals surface area contributed by atoms with Crippen LogP contribution in [-0.4, -0.2) is 48.5 Å². The fourth-order valence-electron chi connectivity index (χ4n) is 4.32. The number of aromatic nitrogens is 1. The number of benzene rings is 2. The number of hydrogen-bond donors (Lipinski definition) is 1. The Kier molecular flexibility index (Phi) is 5.13. The first-order valence-corrected chi connectivity index (χ1v) is 11.0. The van der Waals surface area contributed by atoms with Crippen molar-refractivity contribution in [1.29, 1.82) is 0 Å². The van der Waals surface area contributed by atoms with E-state index in [4.69, 9.17) is 4.98 Å². The van der Waals surface area contributed by atoms with Crippen LogP contribution in [0.25, 0.3) is 10.9 Å². The molecule has 0 radical (unpaired) electrons. The summed E-state index contributed by atoms with van der Waals surface area (Å²) in [6.07, 6.45) is 2.33. The third kappa shape index (κ3) is 3.77. The Hall–Kier alpha value is -2.92. The third-order valence-corrected chi connectivity index (χ3v) is 6.29. The summed E-state index contributed by atoms with van der Waals surface area (Å²) in [7, 11) is 0. The first-order chi connectivity index (χ1) is 14.7. The van der Waals surface area contributed by atoms with Crippen LogP contribution in [-0.2, 0) is 0 Å². The lowest BCUT2D eigenvalue weighted by Gasteiger charge is -2.36. The summed E-state index contributed by atoms with van der Waals surface area (Å²) in [5.41, 5.74) is 4.63. The molecule has 2 heterocycles. The van der Waals surface area contributed by atoms with Crippen LogP contribution in [0, 0.1) is 0 Å². The van der Waals surface area contributed by atoms with Gasteiger partial charge in [0.15, 0.2) is 0 Å². The topological polar surface area (TPSA) is 48.5 Å². The molecule has 1 aliphatic heterocycles. The van der Waals surface area contributed by atoms with Gasteiger partial charge in [-0.2, -0.15) is 0 Å². The van der Waals surface area contributed by atoms with E-state index in [1.807, 2.05) is 48.5 Å². The van der Waals surface area contributed by atoms with Crippen molar-refractivity contribution in [1.82, 2.24) is 9.88 Å². The van der Waals surface area contributed by atoms with Gasteiger partial charge in [0.2, 0.25) is 0 Å². The number of anilines is 2. The SMILES string of the molecule is CCN1CCN(c2ccccc2NC(=O)c2cc(C3CC3)nc3ccccc23)CC1. The number of likely N-dealkylation sites (N-methyl/N-ethyl adjacent to an activating group) is 1. The fraction of sp³-hybridized carbons (Fsp3) is 0.360. The van der Waals surface area contributed by atoms with Gasteiger partial charge >= 0.3 is 0 Å². The number of fused-ring (bicyclic) bond motifs is 1. The Bertz CT molecular complexity index is 1070. The van der Waals surface area contributed by atoms with Crippen molar-refractivity contribution in [2.45, 2.75) is 25.7 Å².